The molecule has 7 heteroatoms. The van der Waals surface area contributed by atoms with E-state index in [1.807, 2.05) is 26.1 Å². The zero-order valence-corrected chi connectivity index (χ0v) is 14.7. The van der Waals surface area contributed by atoms with E-state index in [0.29, 0.717) is 0 Å². The van der Waals surface area contributed by atoms with Gasteiger partial charge in [-0.05, 0) is 32.0 Å². The Morgan fingerprint density at radius 1 is 1.33 bits per heavy atom. The quantitative estimate of drug-likeness (QED) is 0.791. The monoisotopic (exact) mass is 330 g/mol. The number of aryl methyl sites for hydroxylation is 2. The van der Waals surface area contributed by atoms with Crippen LogP contribution in [0, 0.1) is 13.8 Å². The largest absolute Gasteiger partial charge is 0.374 e. The number of anilines is 1. The van der Waals surface area contributed by atoms with Gasteiger partial charge < -0.3 is 9.64 Å². The fourth-order valence-corrected chi connectivity index (χ4v) is 3.13. The number of rotatable bonds is 6. The number of morpholine rings is 1. The first kappa shape index (κ1) is 16.9. The van der Waals surface area contributed by atoms with Crippen molar-refractivity contribution in [2.24, 2.45) is 0 Å². The van der Waals surface area contributed by atoms with Gasteiger partial charge in [0.2, 0.25) is 0 Å². The molecule has 0 radical (unpaired) electrons. The van der Waals surface area contributed by atoms with Gasteiger partial charge in [-0.2, -0.15) is 10.2 Å². The van der Waals surface area contributed by atoms with Gasteiger partial charge >= 0.3 is 0 Å². The highest BCUT2D eigenvalue weighted by molar-refractivity contribution is 5.35. The van der Waals surface area contributed by atoms with E-state index < -0.39 is 0 Å². The molecule has 1 atom stereocenters. The maximum absolute atomic E-state index is 5.93. The standard InChI is InChI=1S/C17H26N6O/c1-14-11-15(2)23(20-14)8-7-22-9-10-24-16(13-22)12-21(3)17-5-4-6-18-19-17/h4-6,11,16H,7-10,12-13H2,1-3H3/t16-/m0/s1. The summed E-state index contributed by atoms with van der Waals surface area (Å²) in [7, 11) is 2.03. The molecule has 0 aliphatic carbocycles. The molecule has 0 N–H and O–H groups in total. The molecule has 24 heavy (non-hydrogen) atoms. The summed E-state index contributed by atoms with van der Waals surface area (Å²) in [4.78, 5) is 4.55. The lowest BCUT2D eigenvalue weighted by atomic mass is 10.2. The number of hydrogen-bond donors (Lipinski definition) is 0. The molecule has 1 saturated heterocycles. The SMILES string of the molecule is Cc1cc(C)n(CCN2CCO[C@@H](CN(C)c3cccnn3)C2)n1. The first-order valence-corrected chi connectivity index (χ1v) is 8.45. The maximum Gasteiger partial charge on any atom is 0.151 e. The molecular weight excluding hydrogens is 304 g/mol. The summed E-state index contributed by atoms with van der Waals surface area (Å²) in [6.45, 7) is 9.57. The average molecular weight is 330 g/mol. The Morgan fingerprint density at radius 3 is 2.92 bits per heavy atom. The van der Waals surface area contributed by atoms with Crippen LogP contribution >= 0.6 is 0 Å². The van der Waals surface area contributed by atoms with E-state index in [0.717, 1.165) is 50.8 Å². The van der Waals surface area contributed by atoms with Crippen LogP contribution in [0.25, 0.3) is 0 Å². The minimum Gasteiger partial charge on any atom is -0.374 e. The number of hydrogen-bond acceptors (Lipinski definition) is 6. The first-order valence-electron chi connectivity index (χ1n) is 8.45. The van der Waals surface area contributed by atoms with Crippen LogP contribution in [0.15, 0.2) is 24.4 Å². The third kappa shape index (κ3) is 4.30. The summed E-state index contributed by atoms with van der Waals surface area (Å²) in [5.74, 6) is 0.876. The van der Waals surface area contributed by atoms with Crippen molar-refractivity contribution in [3.63, 3.8) is 0 Å². The van der Waals surface area contributed by atoms with Gasteiger partial charge in [-0.25, -0.2) is 0 Å². The van der Waals surface area contributed by atoms with Crippen LogP contribution in [0.1, 0.15) is 11.4 Å². The Labute approximate surface area is 143 Å². The summed E-state index contributed by atoms with van der Waals surface area (Å²) in [6, 6.07) is 6.00. The van der Waals surface area contributed by atoms with Gasteiger partial charge in [-0.1, -0.05) is 0 Å². The van der Waals surface area contributed by atoms with Gasteiger partial charge in [0.25, 0.3) is 0 Å². The minimum atomic E-state index is 0.186. The van der Waals surface area contributed by atoms with Gasteiger partial charge in [-0.15, -0.1) is 5.10 Å². The predicted molar refractivity (Wildman–Crippen MR) is 93.2 cm³/mol. The summed E-state index contributed by atoms with van der Waals surface area (Å²) >= 11 is 0. The van der Waals surface area contributed by atoms with Crippen LogP contribution in [0.4, 0.5) is 5.82 Å². The zero-order valence-electron chi connectivity index (χ0n) is 14.7. The van der Waals surface area contributed by atoms with Crippen molar-refractivity contribution in [3.8, 4) is 0 Å². The topological polar surface area (TPSA) is 59.3 Å². The smallest absolute Gasteiger partial charge is 0.151 e. The number of aromatic nitrogens is 4. The molecule has 0 saturated carbocycles. The van der Waals surface area contributed by atoms with Crippen LogP contribution in [0.5, 0.6) is 0 Å². The van der Waals surface area contributed by atoms with Crippen molar-refractivity contribution in [1.29, 1.82) is 0 Å². The summed E-state index contributed by atoms with van der Waals surface area (Å²) in [6.07, 6.45) is 1.88. The molecular formula is C17H26N6O. The van der Waals surface area contributed by atoms with Gasteiger partial charge in [0.15, 0.2) is 5.82 Å². The van der Waals surface area contributed by atoms with Gasteiger partial charge in [-0.3, -0.25) is 9.58 Å². The molecule has 7 nitrogen and oxygen atoms in total. The molecule has 0 bridgehead atoms. The molecule has 0 aromatic carbocycles. The van der Waals surface area contributed by atoms with Crippen molar-refractivity contribution in [3.05, 3.63) is 35.8 Å². The van der Waals surface area contributed by atoms with Crippen LogP contribution < -0.4 is 4.90 Å². The summed E-state index contributed by atoms with van der Waals surface area (Å²) < 4.78 is 8.02. The van der Waals surface area contributed by atoms with Crippen LogP contribution in [0.3, 0.4) is 0 Å². The fraction of sp³-hybridized carbons (Fsp3) is 0.588. The van der Waals surface area contributed by atoms with E-state index >= 15 is 0 Å². The van der Waals surface area contributed by atoms with Crippen molar-refractivity contribution >= 4 is 5.82 Å². The lowest BCUT2D eigenvalue weighted by Crippen LogP contribution is -2.48. The first-order chi connectivity index (χ1) is 11.6. The minimum absolute atomic E-state index is 0.186. The van der Waals surface area contributed by atoms with Crippen LogP contribution in [0.2, 0.25) is 0 Å². The van der Waals surface area contributed by atoms with E-state index in [4.69, 9.17) is 4.74 Å². The summed E-state index contributed by atoms with van der Waals surface area (Å²) in [5, 5.41) is 12.6. The van der Waals surface area contributed by atoms with E-state index in [1.165, 1.54) is 5.69 Å². The molecule has 3 rings (SSSR count). The number of nitrogens with zero attached hydrogens (tertiary/aromatic N) is 6. The molecule has 0 amide bonds. The highest BCUT2D eigenvalue weighted by atomic mass is 16.5. The Kier molecular flexibility index (Phi) is 5.42. The molecule has 1 fully saturated rings. The Hall–Kier alpha value is -1.99. The fourth-order valence-electron chi connectivity index (χ4n) is 3.13. The summed E-state index contributed by atoms with van der Waals surface area (Å²) in [5.41, 5.74) is 2.30. The number of ether oxygens (including phenoxy) is 1. The molecule has 1 aliphatic heterocycles. The van der Waals surface area contributed by atoms with E-state index in [-0.39, 0.29) is 6.10 Å². The molecule has 0 spiro atoms. The van der Waals surface area contributed by atoms with Gasteiger partial charge in [0, 0.05) is 45.1 Å². The van der Waals surface area contributed by atoms with Crippen molar-refractivity contribution < 1.29 is 4.74 Å². The van der Waals surface area contributed by atoms with Crippen molar-refractivity contribution in [2.45, 2.75) is 26.5 Å². The molecule has 3 heterocycles. The third-order valence-corrected chi connectivity index (χ3v) is 4.38. The lowest BCUT2D eigenvalue weighted by molar-refractivity contribution is -0.0247. The van der Waals surface area contributed by atoms with Crippen LogP contribution in [-0.4, -0.2) is 70.8 Å². The Balaban J connectivity index is 1.50. The van der Waals surface area contributed by atoms with Crippen molar-refractivity contribution in [2.75, 3.05) is 44.7 Å². The van der Waals surface area contributed by atoms with Gasteiger partial charge in [0.1, 0.15) is 0 Å². The number of likely N-dealkylation sites (N-methyl/N-ethyl adjacent to an activating group) is 1. The molecule has 2 aromatic rings. The lowest BCUT2D eigenvalue weighted by Gasteiger charge is -2.35. The third-order valence-electron chi connectivity index (χ3n) is 4.38. The average Bonchev–Trinajstić information content (AvgIpc) is 2.91. The van der Waals surface area contributed by atoms with E-state index in [1.54, 1.807) is 6.20 Å². The Morgan fingerprint density at radius 2 is 2.21 bits per heavy atom. The highest BCUT2D eigenvalue weighted by Gasteiger charge is 2.22. The second-order valence-corrected chi connectivity index (χ2v) is 6.41. The molecule has 0 unspecified atom stereocenters. The van der Waals surface area contributed by atoms with Crippen molar-refractivity contribution in [1.82, 2.24) is 24.9 Å². The normalized spacial score (nSPS) is 18.7. The van der Waals surface area contributed by atoms with Gasteiger partial charge in [0.05, 0.1) is 24.9 Å². The van der Waals surface area contributed by atoms with Crippen LogP contribution in [-0.2, 0) is 11.3 Å². The maximum atomic E-state index is 5.93. The molecule has 1 aliphatic rings. The molecule has 130 valence electrons. The second kappa shape index (κ2) is 7.72. The molecule has 2 aromatic heterocycles. The predicted octanol–water partition coefficient (Wildman–Crippen LogP) is 1.13. The van der Waals surface area contributed by atoms with E-state index in [2.05, 4.69) is 42.8 Å². The Bertz CT molecular complexity index is 644. The van der Waals surface area contributed by atoms with E-state index in [9.17, 15) is 0 Å². The highest BCUT2D eigenvalue weighted by Crippen LogP contribution is 2.11. The zero-order chi connectivity index (χ0) is 16.9. The second-order valence-electron chi connectivity index (χ2n) is 6.41.